The van der Waals surface area contributed by atoms with Crippen LogP contribution in [0.4, 0.5) is 21.7 Å². The SMILES string of the molecule is CC(C)Oc1ccc(Nc2ncc(N(C=O)C3CCOCC3)c(=O)n2Cc2ccc(Cl)cc2)cc1F. The van der Waals surface area contributed by atoms with Gasteiger partial charge in [0.2, 0.25) is 12.4 Å². The topological polar surface area (TPSA) is 85.7 Å². The predicted molar refractivity (Wildman–Crippen MR) is 137 cm³/mol. The summed E-state index contributed by atoms with van der Waals surface area (Å²) < 4.78 is 26.9. The average molecular weight is 515 g/mol. The van der Waals surface area contributed by atoms with Crippen LogP contribution in [0.1, 0.15) is 32.3 Å². The van der Waals surface area contributed by atoms with E-state index in [1.807, 2.05) is 13.8 Å². The molecule has 8 nitrogen and oxygen atoms in total. The van der Waals surface area contributed by atoms with E-state index >= 15 is 0 Å². The van der Waals surface area contributed by atoms with Gasteiger partial charge < -0.3 is 19.7 Å². The number of halogens is 2. The van der Waals surface area contributed by atoms with Crippen molar-refractivity contribution in [1.29, 1.82) is 0 Å². The van der Waals surface area contributed by atoms with Crippen LogP contribution in [-0.4, -0.2) is 41.3 Å². The summed E-state index contributed by atoms with van der Waals surface area (Å²) in [5, 5.41) is 3.60. The Hall–Kier alpha value is -3.43. The molecule has 0 aliphatic carbocycles. The van der Waals surface area contributed by atoms with Gasteiger partial charge in [0.25, 0.3) is 5.56 Å². The number of amides is 1. The van der Waals surface area contributed by atoms with E-state index in [9.17, 15) is 14.0 Å². The number of hydrogen-bond acceptors (Lipinski definition) is 6. The molecule has 1 N–H and O–H groups in total. The number of nitrogens with zero attached hydrogens (tertiary/aromatic N) is 3. The monoisotopic (exact) mass is 514 g/mol. The molecule has 1 saturated heterocycles. The zero-order valence-corrected chi connectivity index (χ0v) is 20.9. The van der Waals surface area contributed by atoms with E-state index < -0.39 is 11.4 Å². The lowest BCUT2D eigenvalue weighted by molar-refractivity contribution is -0.108. The summed E-state index contributed by atoms with van der Waals surface area (Å²) in [5.74, 6) is -0.201. The normalized spacial score (nSPS) is 14.0. The number of anilines is 3. The van der Waals surface area contributed by atoms with Crippen LogP contribution in [0.2, 0.25) is 5.02 Å². The fourth-order valence-electron chi connectivity index (χ4n) is 4.04. The molecule has 3 aromatic rings. The van der Waals surface area contributed by atoms with Crippen LogP contribution in [0.15, 0.2) is 53.5 Å². The summed E-state index contributed by atoms with van der Waals surface area (Å²) in [5.41, 5.74) is 0.966. The van der Waals surface area contributed by atoms with Crippen molar-refractivity contribution in [3.8, 4) is 5.75 Å². The van der Waals surface area contributed by atoms with Crippen molar-refractivity contribution < 1.29 is 18.7 Å². The van der Waals surface area contributed by atoms with Gasteiger partial charge in [-0.2, -0.15) is 0 Å². The maximum Gasteiger partial charge on any atom is 0.279 e. The second-order valence-corrected chi connectivity index (χ2v) is 9.21. The molecular weight excluding hydrogens is 487 g/mol. The van der Waals surface area contributed by atoms with Gasteiger partial charge in [-0.3, -0.25) is 14.2 Å². The highest BCUT2D eigenvalue weighted by Crippen LogP contribution is 2.25. The number of ether oxygens (including phenoxy) is 2. The lowest BCUT2D eigenvalue weighted by Gasteiger charge is -2.31. The minimum Gasteiger partial charge on any atom is -0.488 e. The summed E-state index contributed by atoms with van der Waals surface area (Å²) in [6.07, 6.45) is 3.11. The Morgan fingerprint density at radius 2 is 1.97 bits per heavy atom. The fraction of sp³-hybridized carbons (Fsp3) is 0.346. The molecule has 2 heterocycles. The van der Waals surface area contributed by atoms with E-state index in [2.05, 4.69) is 10.3 Å². The molecule has 1 aliphatic heterocycles. The van der Waals surface area contributed by atoms with Crippen LogP contribution >= 0.6 is 11.6 Å². The van der Waals surface area contributed by atoms with Gasteiger partial charge in [0.1, 0.15) is 5.69 Å². The Morgan fingerprint density at radius 3 is 2.61 bits per heavy atom. The summed E-state index contributed by atoms with van der Waals surface area (Å²) in [7, 11) is 0. The molecule has 0 spiro atoms. The number of nitrogens with one attached hydrogen (secondary N) is 1. The standard InChI is InChI=1S/C26H28ClFN4O4/c1-17(2)36-24-8-7-20(13-22(24)28)30-26-29-14-23(32(16-33)21-9-11-35-12-10-21)25(34)31(26)15-18-3-5-19(27)6-4-18/h3-8,13-14,16-17,21H,9-12,15H2,1-2H3,(H,29,30). The van der Waals surface area contributed by atoms with Gasteiger partial charge >= 0.3 is 0 Å². The number of carbonyl (C=O) groups excluding carboxylic acids is 1. The van der Waals surface area contributed by atoms with Crippen molar-refractivity contribution >= 4 is 35.3 Å². The Balaban J connectivity index is 1.71. The Morgan fingerprint density at radius 1 is 1.25 bits per heavy atom. The van der Waals surface area contributed by atoms with E-state index in [1.54, 1.807) is 30.3 Å². The number of rotatable bonds is 9. The fourth-order valence-corrected chi connectivity index (χ4v) is 4.16. The molecule has 10 heteroatoms. The third kappa shape index (κ3) is 6.03. The molecule has 4 rings (SSSR count). The minimum atomic E-state index is -0.538. The van der Waals surface area contributed by atoms with E-state index in [1.165, 1.54) is 27.8 Å². The number of carbonyl (C=O) groups is 1. The highest BCUT2D eigenvalue weighted by Gasteiger charge is 2.25. The molecule has 1 aromatic heterocycles. The molecule has 1 fully saturated rings. The average Bonchev–Trinajstić information content (AvgIpc) is 2.86. The first kappa shape index (κ1) is 25.7. The second kappa shape index (κ2) is 11.5. The van der Waals surface area contributed by atoms with Gasteiger partial charge in [0.15, 0.2) is 11.6 Å². The summed E-state index contributed by atoms with van der Waals surface area (Å²) in [4.78, 5) is 31.6. The lowest BCUT2D eigenvalue weighted by Crippen LogP contribution is -2.42. The zero-order chi connectivity index (χ0) is 25.7. The third-order valence-electron chi connectivity index (χ3n) is 5.81. The Bertz CT molecular complexity index is 1260. The molecule has 1 aliphatic rings. The van der Waals surface area contributed by atoms with E-state index in [-0.39, 0.29) is 36.1 Å². The van der Waals surface area contributed by atoms with E-state index in [0.717, 1.165) is 5.56 Å². The van der Waals surface area contributed by atoms with Crippen LogP contribution in [0.5, 0.6) is 5.75 Å². The molecule has 0 saturated carbocycles. The van der Waals surface area contributed by atoms with Crippen LogP contribution in [0, 0.1) is 5.82 Å². The van der Waals surface area contributed by atoms with Crippen molar-refractivity contribution in [2.24, 2.45) is 0 Å². The molecule has 36 heavy (non-hydrogen) atoms. The smallest absolute Gasteiger partial charge is 0.279 e. The van der Waals surface area contributed by atoms with Crippen LogP contribution in [0.25, 0.3) is 0 Å². The quantitative estimate of drug-likeness (QED) is 0.414. The Labute approximate surface area is 213 Å². The van der Waals surface area contributed by atoms with Crippen molar-refractivity contribution in [2.75, 3.05) is 23.4 Å². The first-order chi connectivity index (χ1) is 17.4. The molecule has 0 radical (unpaired) electrons. The highest BCUT2D eigenvalue weighted by atomic mass is 35.5. The largest absolute Gasteiger partial charge is 0.488 e. The maximum atomic E-state index is 14.6. The van der Waals surface area contributed by atoms with E-state index in [4.69, 9.17) is 21.1 Å². The van der Waals surface area contributed by atoms with Crippen LogP contribution in [0.3, 0.4) is 0 Å². The molecular formula is C26H28ClFN4O4. The van der Waals surface area contributed by atoms with E-state index in [0.29, 0.717) is 43.2 Å². The summed E-state index contributed by atoms with van der Waals surface area (Å²) in [6, 6.07) is 11.4. The zero-order valence-electron chi connectivity index (χ0n) is 20.1. The molecule has 190 valence electrons. The second-order valence-electron chi connectivity index (χ2n) is 8.78. The van der Waals surface area contributed by atoms with Gasteiger partial charge in [-0.1, -0.05) is 23.7 Å². The lowest BCUT2D eigenvalue weighted by atomic mass is 10.1. The predicted octanol–water partition coefficient (Wildman–Crippen LogP) is 4.76. The third-order valence-corrected chi connectivity index (χ3v) is 6.06. The first-order valence-corrected chi connectivity index (χ1v) is 12.1. The summed E-state index contributed by atoms with van der Waals surface area (Å²) >= 11 is 6.02. The van der Waals surface area contributed by atoms with Crippen molar-refractivity contribution in [3.63, 3.8) is 0 Å². The van der Waals surface area contributed by atoms with Gasteiger partial charge in [-0.15, -0.1) is 0 Å². The molecule has 0 unspecified atom stereocenters. The summed E-state index contributed by atoms with van der Waals surface area (Å²) in [6.45, 7) is 4.83. The molecule has 0 bridgehead atoms. The molecule has 1 amide bonds. The van der Waals surface area contributed by atoms with Crippen molar-refractivity contribution in [3.05, 3.63) is 75.4 Å². The van der Waals surface area contributed by atoms with Crippen molar-refractivity contribution in [2.45, 2.75) is 45.4 Å². The van der Waals surface area contributed by atoms with Crippen LogP contribution in [-0.2, 0) is 16.1 Å². The highest BCUT2D eigenvalue weighted by molar-refractivity contribution is 6.30. The van der Waals surface area contributed by atoms with Gasteiger partial charge in [-0.25, -0.2) is 9.37 Å². The minimum absolute atomic E-state index is 0.135. The Kier molecular flexibility index (Phi) is 8.22. The van der Waals surface area contributed by atoms with Gasteiger partial charge in [0.05, 0.1) is 18.8 Å². The maximum absolute atomic E-state index is 14.6. The number of aromatic nitrogens is 2. The first-order valence-electron chi connectivity index (χ1n) is 11.7. The van der Waals surface area contributed by atoms with Gasteiger partial charge in [-0.05, 0) is 56.5 Å². The molecule has 2 aromatic carbocycles. The van der Waals surface area contributed by atoms with Gasteiger partial charge in [0, 0.05) is 36.0 Å². The molecule has 0 atom stereocenters. The number of benzene rings is 2. The number of hydrogen-bond donors (Lipinski definition) is 1. The van der Waals surface area contributed by atoms with Crippen LogP contribution < -0.4 is 20.5 Å². The van der Waals surface area contributed by atoms with Crippen molar-refractivity contribution in [1.82, 2.24) is 9.55 Å².